The van der Waals surface area contributed by atoms with Gasteiger partial charge in [0.25, 0.3) is 5.95 Å². The topological polar surface area (TPSA) is 97.5 Å². The van der Waals surface area contributed by atoms with Crippen LogP contribution in [0.4, 0.5) is 29.5 Å². The predicted octanol–water partition coefficient (Wildman–Crippen LogP) is 7.17. The van der Waals surface area contributed by atoms with Gasteiger partial charge >= 0.3 is 6.36 Å². The number of hydrogen-bond acceptors (Lipinski definition) is 8. The van der Waals surface area contributed by atoms with E-state index in [1.165, 1.54) is 30.3 Å². The highest BCUT2D eigenvalue weighted by Crippen LogP contribution is 2.30. The van der Waals surface area contributed by atoms with Crippen LogP contribution in [0.5, 0.6) is 5.75 Å². The van der Waals surface area contributed by atoms with Crippen LogP contribution in [0.25, 0.3) is 11.4 Å². The molecule has 0 spiro atoms. The van der Waals surface area contributed by atoms with Gasteiger partial charge in [-0.25, -0.2) is 9.37 Å². The molecule has 0 saturated heterocycles. The summed E-state index contributed by atoms with van der Waals surface area (Å²) >= 11 is 12.0. The first kappa shape index (κ1) is 26.2. The van der Waals surface area contributed by atoms with Crippen molar-refractivity contribution >= 4 is 35.1 Å². The van der Waals surface area contributed by atoms with Gasteiger partial charge in [-0.05, 0) is 41.5 Å². The molecule has 37 heavy (non-hydrogen) atoms. The molecule has 0 amide bonds. The monoisotopic (exact) mass is 551 g/mol. The lowest BCUT2D eigenvalue weighted by atomic mass is 10.2. The number of anilines is 1. The van der Waals surface area contributed by atoms with E-state index in [1.807, 2.05) is 0 Å². The van der Waals surface area contributed by atoms with Gasteiger partial charge < -0.3 is 10.1 Å². The molecule has 2 aromatic heterocycles. The van der Waals surface area contributed by atoms with Crippen LogP contribution in [0.2, 0.25) is 10.2 Å². The molecule has 0 atom stereocenters. The first-order chi connectivity index (χ1) is 17.7. The van der Waals surface area contributed by atoms with E-state index in [2.05, 4.69) is 40.2 Å². The molecule has 1 N–H and O–H groups in total. The van der Waals surface area contributed by atoms with E-state index < -0.39 is 12.2 Å². The normalized spacial score (nSPS) is 11.6. The molecular weight excluding hydrogens is 537 g/mol. The van der Waals surface area contributed by atoms with Gasteiger partial charge in [-0.2, -0.15) is 20.1 Å². The van der Waals surface area contributed by atoms with Crippen molar-refractivity contribution in [3.8, 4) is 17.1 Å². The summed E-state index contributed by atoms with van der Waals surface area (Å²) < 4.78 is 55.3. The molecule has 2 heterocycles. The third-order valence-electron chi connectivity index (χ3n) is 4.62. The number of nitrogens with one attached hydrogen (secondary N) is 1. The molecule has 0 radical (unpaired) electrons. The Kier molecular flexibility index (Phi) is 8.09. The molecule has 190 valence electrons. The minimum absolute atomic E-state index is 0.00692. The first-order valence-electron chi connectivity index (χ1n) is 10.4. The van der Waals surface area contributed by atoms with Crippen LogP contribution in [0.15, 0.2) is 71.0 Å². The summed E-state index contributed by atoms with van der Waals surface area (Å²) in [7, 11) is 0. The molecule has 0 unspecified atom stereocenters. The fourth-order valence-electron chi connectivity index (χ4n) is 2.98. The van der Waals surface area contributed by atoms with Crippen LogP contribution < -0.4 is 10.1 Å². The Labute approximate surface area is 217 Å². The van der Waals surface area contributed by atoms with Gasteiger partial charge in [0.15, 0.2) is 5.82 Å². The zero-order valence-electron chi connectivity index (χ0n) is 18.5. The number of alkyl halides is 3. The summed E-state index contributed by atoms with van der Waals surface area (Å²) in [5.41, 5.74) is 1.29. The maximum absolute atomic E-state index is 14.5. The van der Waals surface area contributed by atoms with E-state index in [1.54, 1.807) is 18.3 Å². The van der Waals surface area contributed by atoms with E-state index in [0.717, 1.165) is 17.7 Å². The summed E-state index contributed by atoms with van der Waals surface area (Å²) in [5.74, 6) is -1.14. The fourth-order valence-corrected chi connectivity index (χ4v) is 3.34. The highest BCUT2D eigenvalue weighted by molar-refractivity contribution is 6.33. The van der Waals surface area contributed by atoms with Gasteiger partial charge in [0, 0.05) is 12.7 Å². The molecule has 2 aromatic carbocycles. The van der Waals surface area contributed by atoms with Crippen LogP contribution in [0, 0.1) is 5.82 Å². The van der Waals surface area contributed by atoms with E-state index in [4.69, 9.17) is 23.2 Å². The average Bonchev–Trinajstić information content (AvgIpc) is 2.84. The number of halogens is 6. The molecule has 0 saturated carbocycles. The molecule has 4 rings (SSSR count). The molecule has 4 aromatic rings. The quantitative estimate of drug-likeness (QED) is 0.141. The number of pyridine rings is 1. The number of hydrogen-bond donors (Lipinski definition) is 1. The zero-order valence-corrected chi connectivity index (χ0v) is 20.1. The Bertz CT molecular complexity index is 1380. The van der Waals surface area contributed by atoms with E-state index in [9.17, 15) is 17.6 Å². The Hall–Kier alpha value is -3.90. The second-order valence-electron chi connectivity index (χ2n) is 7.31. The molecule has 0 aliphatic carbocycles. The number of benzene rings is 2. The van der Waals surface area contributed by atoms with E-state index in [-0.39, 0.29) is 47.1 Å². The number of ether oxygens (including phenoxy) is 1. The van der Waals surface area contributed by atoms with Crippen molar-refractivity contribution < 1.29 is 22.3 Å². The van der Waals surface area contributed by atoms with Gasteiger partial charge in [0.1, 0.15) is 16.7 Å². The third-order valence-corrected chi connectivity index (χ3v) is 5.16. The minimum atomic E-state index is -4.78. The van der Waals surface area contributed by atoms with Gasteiger partial charge in [-0.3, -0.25) is 0 Å². The van der Waals surface area contributed by atoms with E-state index >= 15 is 0 Å². The molecule has 0 aliphatic heterocycles. The summed E-state index contributed by atoms with van der Waals surface area (Å²) in [6.07, 6.45) is -3.22. The summed E-state index contributed by atoms with van der Waals surface area (Å²) in [5, 5.41) is 11.4. The summed E-state index contributed by atoms with van der Waals surface area (Å²) in [4.78, 5) is 16.6. The van der Waals surface area contributed by atoms with Crippen LogP contribution in [-0.2, 0) is 13.1 Å². The van der Waals surface area contributed by atoms with Crippen molar-refractivity contribution in [3.05, 3.63) is 87.9 Å². The highest BCUT2D eigenvalue weighted by Gasteiger charge is 2.30. The van der Waals surface area contributed by atoms with Gasteiger partial charge in [-0.15, -0.1) is 18.3 Å². The Morgan fingerprint density at radius 3 is 2.35 bits per heavy atom. The standard InChI is InChI=1S/C23H15Cl2F4N7O/c24-16-2-1-3-17(26)19(16)20-33-21(31-11-14-6-9-18(25)30-10-14)35-22(34-20)36-32-12-13-4-7-15(8-5-13)37-23(27,28)29/h1-10H,11-12H2,(H,31,33,34,35). The van der Waals surface area contributed by atoms with Crippen molar-refractivity contribution in [1.29, 1.82) is 0 Å². The Balaban J connectivity index is 1.56. The SMILES string of the molecule is Fc1cccc(Cl)c1-c1nc(N=NCc2ccc(OC(F)(F)F)cc2)nc(NCc2ccc(Cl)nc2)n1. The van der Waals surface area contributed by atoms with Gasteiger partial charge in [0.2, 0.25) is 5.95 Å². The van der Waals surface area contributed by atoms with Crippen molar-refractivity contribution in [2.45, 2.75) is 19.5 Å². The second-order valence-corrected chi connectivity index (χ2v) is 8.11. The second kappa shape index (κ2) is 11.4. The maximum Gasteiger partial charge on any atom is 0.573 e. The minimum Gasteiger partial charge on any atom is -0.406 e. The molecule has 14 heteroatoms. The molecule has 0 bridgehead atoms. The average molecular weight is 552 g/mol. The van der Waals surface area contributed by atoms with Crippen LogP contribution in [0.3, 0.4) is 0 Å². The maximum atomic E-state index is 14.5. The van der Waals surface area contributed by atoms with Crippen molar-refractivity contribution in [2.24, 2.45) is 10.2 Å². The number of azo groups is 1. The fraction of sp³-hybridized carbons (Fsp3) is 0.130. The smallest absolute Gasteiger partial charge is 0.406 e. The van der Waals surface area contributed by atoms with Gasteiger partial charge in [-0.1, -0.05) is 47.5 Å². The summed E-state index contributed by atoms with van der Waals surface area (Å²) in [6.45, 7) is 0.272. The number of aromatic nitrogens is 4. The summed E-state index contributed by atoms with van der Waals surface area (Å²) in [6, 6.07) is 12.7. The Morgan fingerprint density at radius 2 is 1.68 bits per heavy atom. The van der Waals surface area contributed by atoms with Crippen LogP contribution in [-0.4, -0.2) is 26.3 Å². The van der Waals surface area contributed by atoms with Crippen molar-refractivity contribution in [3.63, 3.8) is 0 Å². The third kappa shape index (κ3) is 7.54. The lowest BCUT2D eigenvalue weighted by Crippen LogP contribution is -2.16. The number of nitrogens with zero attached hydrogens (tertiary/aromatic N) is 6. The molecule has 0 aliphatic rings. The zero-order chi connectivity index (χ0) is 26.4. The predicted molar refractivity (Wildman–Crippen MR) is 128 cm³/mol. The Morgan fingerprint density at radius 1 is 0.919 bits per heavy atom. The first-order valence-corrected chi connectivity index (χ1v) is 11.2. The van der Waals surface area contributed by atoms with Crippen LogP contribution in [0.1, 0.15) is 11.1 Å². The van der Waals surface area contributed by atoms with Crippen molar-refractivity contribution in [1.82, 2.24) is 19.9 Å². The van der Waals surface area contributed by atoms with Gasteiger partial charge in [0.05, 0.1) is 17.1 Å². The molecular formula is C23H15Cl2F4N7O. The largest absolute Gasteiger partial charge is 0.573 e. The van der Waals surface area contributed by atoms with Crippen LogP contribution >= 0.6 is 23.2 Å². The number of rotatable bonds is 8. The van der Waals surface area contributed by atoms with E-state index in [0.29, 0.717) is 10.7 Å². The highest BCUT2D eigenvalue weighted by atomic mass is 35.5. The molecule has 8 nitrogen and oxygen atoms in total. The lowest BCUT2D eigenvalue weighted by molar-refractivity contribution is -0.274. The van der Waals surface area contributed by atoms with Crippen molar-refractivity contribution in [2.75, 3.05) is 5.32 Å². The molecule has 0 fully saturated rings. The lowest BCUT2D eigenvalue weighted by Gasteiger charge is -2.09.